The van der Waals surface area contributed by atoms with E-state index in [1.54, 1.807) is 6.20 Å². The second-order valence-electron chi connectivity index (χ2n) is 5.56. The molecule has 3 rings (SSSR count). The maximum atomic E-state index is 5.85. The van der Waals surface area contributed by atoms with E-state index in [-0.39, 0.29) is 0 Å². The van der Waals surface area contributed by atoms with Crippen LogP contribution in [0.2, 0.25) is 0 Å². The van der Waals surface area contributed by atoms with Gasteiger partial charge in [-0.25, -0.2) is 0 Å². The molecule has 0 saturated heterocycles. The molecule has 1 N–H and O–H groups in total. The molecular formula is C16H21N3O. The minimum absolute atomic E-state index is 0.719. The van der Waals surface area contributed by atoms with E-state index < -0.39 is 0 Å². The molecule has 106 valence electrons. The Kier molecular flexibility index (Phi) is 4.14. The molecular weight excluding hydrogens is 250 g/mol. The van der Waals surface area contributed by atoms with Crippen LogP contribution in [0.15, 0.2) is 41.1 Å². The Morgan fingerprint density at radius 3 is 2.85 bits per heavy atom. The van der Waals surface area contributed by atoms with Gasteiger partial charge in [-0.05, 0) is 43.7 Å². The zero-order valence-corrected chi connectivity index (χ0v) is 11.9. The van der Waals surface area contributed by atoms with E-state index in [4.69, 9.17) is 4.42 Å². The summed E-state index contributed by atoms with van der Waals surface area (Å²) in [6.45, 7) is 2.54. The molecule has 0 atom stereocenters. The molecule has 20 heavy (non-hydrogen) atoms. The van der Waals surface area contributed by atoms with Gasteiger partial charge in [0.15, 0.2) is 0 Å². The summed E-state index contributed by atoms with van der Waals surface area (Å²) in [5, 5.41) is 3.46. The number of rotatable bonds is 7. The SMILES string of the molecule is CN(Cc1cccnc1)Cc1ccc(CNC2CC2)o1. The van der Waals surface area contributed by atoms with Crippen molar-refractivity contribution in [3.63, 3.8) is 0 Å². The molecule has 2 aromatic heterocycles. The van der Waals surface area contributed by atoms with Crippen LogP contribution in [0.25, 0.3) is 0 Å². The third-order valence-electron chi connectivity index (χ3n) is 3.46. The number of furan rings is 1. The number of aromatic nitrogens is 1. The van der Waals surface area contributed by atoms with E-state index in [0.29, 0.717) is 0 Å². The summed E-state index contributed by atoms with van der Waals surface area (Å²) in [6.07, 6.45) is 6.32. The summed E-state index contributed by atoms with van der Waals surface area (Å²) in [5.74, 6) is 2.05. The third kappa shape index (κ3) is 3.92. The van der Waals surface area contributed by atoms with E-state index in [1.807, 2.05) is 12.3 Å². The van der Waals surface area contributed by atoms with Gasteiger partial charge in [-0.15, -0.1) is 0 Å². The first kappa shape index (κ1) is 13.3. The molecule has 2 heterocycles. The summed E-state index contributed by atoms with van der Waals surface area (Å²) in [4.78, 5) is 6.37. The first-order valence-electron chi connectivity index (χ1n) is 7.18. The molecule has 2 aromatic rings. The summed E-state index contributed by atoms with van der Waals surface area (Å²) >= 11 is 0. The number of hydrogen-bond donors (Lipinski definition) is 1. The fourth-order valence-electron chi connectivity index (χ4n) is 2.26. The van der Waals surface area contributed by atoms with Crippen molar-refractivity contribution in [2.75, 3.05) is 7.05 Å². The molecule has 1 saturated carbocycles. The highest BCUT2D eigenvalue weighted by atomic mass is 16.3. The highest BCUT2D eigenvalue weighted by Crippen LogP contribution is 2.20. The van der Waals surface area contributed by atoms with Gasteiger partial charge in [0.2, 0.25) is 0 Å². The molecule has 4 nitrogen and oxygen atoms in total. The van der Waals surface area contributed by atoms with Crippen molar-refractivity contribution in [3.8, 4) is 0 Å². The lowest BCUT2D eigenvalue weighted by atomic mass is 10.2. The normalized spacial score (nSPS) is 14.9. The van der Waals surface area contributed by atoms with Crippen molar-refractivity contribution >= 4 is 0 Å². The first-order chi connectivity index (χ1) is 9.79. The zero-order chi connectivity index (χ0) is 13.8. The highest BCUT2D eigenvalue weighted by Gasteiger charge is 2.20. The maximum Gasteiger partial charge on any atom is 0.118 e. The molecule has 4 heteroatoms. The van der Waals surface area contributed by atoms with E-state index >= 15 is 0 Å². The zero-order valence-electron chi connectivity index (χ0n) is 11.9. The van der Waals surface area contributed by atoms with E-state index in [1.165, 1.54) is 18.4 Å². The van der Waals surface area contributed by atoms with E-state index in [9.17, 15) is 0 Å². The van der Waals surface area contributed by atoms with Crippen LogP contribution in [-0.2, 0) is 19.6 Å². The Hall–Kier alpha value is -1.65. The monoisotopic (exact) mass is 271 g/mol. The lowest BCUT2D eigenvalue weighted by Gasteiger charge is -2.14. The van der Waals surface area contributed by atoms with Gasteiger partial charge in [0.1, 0.15) is 11.5 Å². The Morgan fingerprint density at radius 2 is 2.10 bits per heavy atom. The molecule has 0 amide bonds. The highest BCUT2D eigenvalue weighted by molar-refractivity contribution is 5.10. The van der Waals surface area contributed by atoms with Crippen molar-refractivity contribution in [2.45, 2.75) is 38.5 Å². The van der Waals surface area contributed by atoms with Crippen LogP contribution in [-0.4, -0.2) is 23.0 Å². The molecule has 0 aliphatic heterocycles. The predicted octanol–water partition coefficient (Wildman–Crippen LogP) is 2.56. The summed E-state index contributed by atoms with van der Waals surface area (Å²) in [5.41, 5.74) is 1.22. The fourth-order valence-corrected chi connectivity index (χ4v) is 2.26. The number of hydrogen-bond acceptors (Lipinski definition) is 4. The molecule has 0 radical (unpaired) electrons. The minimum Gasteiger partial charge on any atom is -0.463 e. The number of nitrogens with zero attached hydrogens (tertiary/aromatic N) is 2. The Morgan fingerprint density at radius 1 is 1.25 bits per heavy atom. The standard InChI is InChI=1S/C16H21N3O/c1-19(11-13-3-2-8-17-9-13)12-16-7-6-15(20-16)10-18-14-4-5-14/h2-3,6-9,14,18H,4-5,10-12H2,1H3. The lowest BCUT2D eigenvalue weighted by Crippen LogP contribution is -2.17. The largest absolute Gasteiger partial charge is 0.463 e. The van der Waals surface area contributed by atoms with Gasteiger partial charge in [0.05, 0.1) is 13.1 Å². The topological polar surface area (TPSA) is 41.3 Å². The van der Waals surface area contributed by atoms with Gasteiger partial charge >= 0.3 is 0 Å². The number of nitrogens with one attached hydrogen (secondary N) is 1. The average Bonchev–Trinajstić information content (AvgIpc) is 3.18. The van der Waals surface area contributed by atoms with Gasteiger partial charge in [-0.1, -0.05) is 6.07 Å². The molecule has 1 aliphatic rings. The van der Waals surface area contributed by atoms with Gasteiger partial charge in [0.25, 0.3) is 0 Å². The van der Waals surface area contributed by atoms with Crippen molar-refractivity contribution in [1.29, 1.82) is 0 Å². The van der Waals surface area contributed by atoms with Crippen LogP contribution in [0, 0.1) is 0 Å². The van der Waals surface area contributed by atoms with Crippen LogP contribution >= 0.6 is 0 Å². The molecule has 0 aromatic carbocycles. The molecule has 0 spiro atoms. The minimum atomic E-state index is 0.719. The Labute approximate surface area is 119 Å². The van der Waals surface area contributed by atoms with Crippen LogP contribution in [0.4, 0.5) is 0 Å². The Bertz CT molecular complexity index is 534. The molecule has 0 bridgehead atoms. The second kappa shape index (κ2) is 6.20. The van der Waals surface area contributed by atoms with Crippen LogP contribution in [0.3, 0.4) is 0 Å². The lowest BCUT2D eigenvalue weighted by molar-refractivity contribution is 0.282. The van der Waals surface area contributed by atoms with Crippen LogP contribution in [0.5, 0.6) is 0 Å². The second-order valence-corrected chi connectivity index (χ2v) is 5.56. The molecule has 0 unspecified atom stereocenters. The quantitative estimate of drug-likeness (QED) is 0.840. The van der Waals surface area contributed by atoms with Crippen molar-refractivity contribution in [2.24, 2.45) is 0 Å². The van der Waals surface area contributed by atoms with Crippen LogP contribution < -0.4 is 5.32 Å². The average molecular weight is 271 g/mol. The van der Waals surface area contributed by atoms with Gasteiger partial charge in [-0.3, -0.25) is 9.88 Å². The summed E-state index contributed by atoms with van der Waals surface area (Å²) in [6, 6.07) is 8.93. The van der Waals surface area contributed by atoms with E-state index in [0.717, 1.165) is 37.2 Å². The predicted molar refractivity (Wildman–Crippen MR) is 78.0 cm³/mol. The van der Waals surface area contributed by atoms with Crippen molar-refractivity contribution in [3.05, 3.63) is 53.7 Å². The molecule has 1 aliphatic carbocycles. The fraction of sp³-hybridized carbons (Fsp3) is 0.438. The van der Waals surface area contributed by atoms with E-state index in [2.05, 4.69) is 40.4 Å². The molecule has 1 fully saturated rings. The number of pyridine rings is 1. The smallest absolute Gasteiger partial charge is 0.118 e. The van der Waals surface area contributed by atoms with Gasteiger partial charge in [-0.2, -0.15) is 0 Å². The third-order valence-corrected chi connectivity index (χ3v) is 3.46. The van der Waals surface area contributed by atoms with Gasteiger partial charge < -0.3 is 9.73 Å². The Balaban J connectivity index is 1.49. The summed E-state index contributed by atoms with van der Waals surface area (Å²) in [7, 11) is 2.09. The summed E-state index contributed by atoms with van der Waals surface area (Å²) < 4.78 is 5.85. The maximum absolute atomic E-state index is 5.85. The van der Waals surface area contributed by atoms with Crippen molar-refractivity contribution < 1.29 is 4.42 Å². The van der Waals surface area contributed by atoms with Gasteiger partial charge in [0, 0.05) is 25.0 Å². The van der Waals surface area contributed by atoms with Crippen molar-refractivity contribution in [1.82, 2.24) is 15.2 Å². The van der Waals surface area contributed by atoms with Crippen LogP contribution in [0.1, 0.15) is 29.9 Å². The first-order valence-corrected chi connectivity index (χ1v) is 7.18.